The lowest BCUT2D eigenvalue weighted by Crippen LogP contribution is -2.64. The Morgan fingerprint density at radius 1 is 0.829 bits per heavy atom. The summed E-state index contributed by atoms with van der Waals surface area (Å²) in [5.74, 6) is 1.87. The van der Waals surface area contributed by atoms with Crippen LogP contribution >= 0.6 is 0 Å². The first-order valence-corrected chi connectivity index (χ1v) is 10.4. The minimum absolute atomic E-state index is 0.0653. The second kappa shape index (κ2) is 12.9. The van der Waals surface area contributed by atoms with Gasteiger partial charge in [0.05, 0.1) is 13.2 Å². The van der Waals surface area contributed by atoms with Crippen molar-refractivity contribution in [2.45, 2.75) is 31.9 Å². The highest BCUT2D eigenvalue weighted by Crippen LogP contribution is 2.31. The van der Waals surface area contributed by atoms with Crippen molar-refractivity contribution >= 4 is 18.2 Å². The first-order chi connectivity index (χ1) is 16.7. The topological polar surface area (TPSA) is 103 Å². The molecule has 2 aromatic rings. The van der Waals surface area contributed by atoms with Crippen molar-refractivity contribution in [1.82, 2.24) is 10.6 Å². The number of nitrogens with one attached hydrogen (secondary N) is 2. The Labute approximate surface area is 199 Å². The minimum Gasteiger partial charge on any atom is -0.463 e. The maximum absolute atomic E-state index is 14.0. The standard InChI is InChI=1S/C24H23F3N2O6/c1-2-33-20(30)23(24(25,26)27,29-22(32)35-17-19-12-7-4-8-13-19)14-9-15-28-21(31)34-16-18-10-5-3-6-11-18/h3-8,10-13H,2,15-17H2,1H3,(H,28,31)(H,29,32). The molecule has 1 unspecified atom stereocenters. The van der Waals surface area contributed by atoms with Crippen LogP contribution in [-0.4, -0.2) is 43.0 Å². The molecule has 0 radical (unpaired) electrons. The molecule has 0 saturated heterocycles. The molecule has 0 fully saturated rings. The normalized spacial score (nSPS) is 12.2. The number of alkyl halides is 3. The van der Waals surface area contributed by atoms with Crippen molar-refractivity contribution in [2.24, 2.45) is 0 Å². The Morgan fingerprint density at radius 2 is 1.34 bits per heavy atom. The summed E-state index contributed by atoms with van der Waals surface area (Å²) in [6, 6.07) is 16.9. The first kappa shape index (κ1) is 27.0. The van der Waals surface area contributed by atoms with E-state index in [1.54, 1.807) is 66.6 Å². The third-order valence-corrected chi connectivity index (χ3v) is 4.32. The summed E-state index contributed by atoms with van der Waals surface area (Å²) in [5.41, 5.74) is -2.50. The molecule has 2 amide bonds. The minimum atomic E-state index is -5.37. The van der Waals surface area contributed by atoms with E-state index in [0.717, 1.165) is 0 Å². The number of hydrogen-bond acceptors (Lipinski definition) is 6. The number of alkyl carbamates (subject to hydrolysis) is 2. The highest BCUT2D eigenvalue weighted by molar-refractivity contribution is 5.90. The van der Waals surface area contributed by atoms with E-state index >= 15 is 0 Å². The van der Waals surface area contributed by atoms with E-state index in [1.807, 2.05) is 5.92 Å². The van der Waals surface area contributed by atoms with Crippen LogP contribution in [0.15, 0.2) is 60.7 Å². The number of rotatable bonds is 8. The molecule has 0 aliphatic carbocycles. The average Bonchev–Trinajstić information content (AvgIpc) is 2.84. The molecule has 2 rings (SSSR count). The van der Waals surface area contributed by atoms with Crippen molar-refractivity contribution in [2.75, 3.05) is 13.2 Å². The van der Waals surface area contributed by atoms with Gasteiger partial charge >= 0.3 is 24.3 Å². The molecule has 11 heteroatoms. The average molecular weight is 492 g/mol. The highest BCUT2D eigenvalue weighted by atomic mass is 19.4. The number of esters is 1. The lowest BCUT2D eigenvalue weighted by Gasteiger charge is -2.29. The Kier molecular flexibility index (Phi) is 9.96. The van der Waals surface area contributed by atoms with Crippen LogP contribution in [-0.2, 0) is 32.2 Å². The van der Waals surface area contributed by atoms with Gasteiger partial charge in [0.25, 0.3) is 5.54 Å². The third kappa shape index (κ3) is 8.26. The molecular formula is C24H23F3N2O6. The molecule has 0 aliphatic rings. The van der Waals surface area contributed by atoms with E-state index < -0.39 is 43.0 Å². The number of amides is 2. The predicted octanol–water partition coefficient (Wildman–Crippen LogP) is 3.71. The zero-order valence-electron chi connectivity index (χ0n) is 18.7. The van der Waals surface area contributed by atoms with E-state index in [2.05, 4.69) is 10.1 Å². The fourth-order valence-corrected chi connectivity index (χ4v) is 2.61. The molecule has 0 heterocycles. The Hall–Kier alpha value is -4.20. The number of carbonyl (C=O) groups is 3. The fraction of sp³-hybridized carbons (Fsp3) is 0.292. The summed E-state index contributed by atoms with van der Waals surface area (Å²) in [4.78, 5) is 36.2. The van der Waals surface area contributed by atoms with Gasteiger partial charge in [0.15, 0.2) is 0 Å². The van der Waals surface area contributed by atoms with E-state index in [-0.39, 0.29) is 13.2 Å². The number of ether oxygens (including phenoxy) is 3. The number of halogens is 3. The summed E-state index contributed by atoms with van der Waals surface area (Å²) >= 11 is 0. The molecular weight excluding hydrogens is 469 g/mol. The van der Waals surface area contributed by atoms with Crippen LogP contribution in [0.4, 0.5) is 22.8 Å². The van der Waals surface area contributed by atoms with Gasteiger partial charge in [0.1, 0.15) is 13.2 Å². The molecule has 1 atom stereocenters. The Bertz CT molecular complexity index is 1050. The summed E-state index contributed by atoms with van der Waals surface area (Å²) < 4.78 is 56.2. The number of benzene rings is 2. The number of carbonyl (C=O) groups excluding carboxylic acids is 3. The molecule has 35 heavy (non-hydrogen) atoms. The monoisotopic (exact) mass is 492 g/mol. The zero-order chi connectivity index (χ0) is 25.7. The first-order valence-electron chi connectivity index (χ1n) is 10.4. The quantitative estimate of drug-likeness (QED) is 0.331. The van der Waals surface area contributed by atoms with Gasteiger partial charge in [-0.3, -0.25) is 5.32 Å². The molecule has 0 bridgehead atoms. The molecule has 0 saturated carbocycles. The van der Waals surface area contributed by atoms with Crippen LogP contribution < -0.4 is 10.6 Å². The molecule has 0 aromatic heterocycles. The van der Waals surface area contributed by atoms with E-state index in [4.69, 9.17) is 9.47 Å². The van der Waals surface area contributed by atoms with Crippen molar-refractivity contribution in [3.05, 3.63) is 71.8 Å². The van der Waals surface area contributed by atoms with Crippen molar-refractivity contribution in [3.8, 4) is 11.8 Å². The van der Waals surface area contributed by atoms with Crippen LogP contribution in [0.3, 0.4) is 0 Å². The molecule has 0 spiro atoms. The Balaban J connectivity index is 2.08. The lowest BCUT2D eigenvalue weighted by atomic mass is 10.00. The van der Waals surface area contributed by atoms with Crippen LogP contribution in [0.1, 0.15) is 18.1 Å². The lowest BCUT2D eigenvalue weighted by molar-refractivity contribution is -0.198. The molecule has 0 aliphatic heterocycles. The van der Waals surface area contributed by atoms with E-state index in [9.17, 15) is 27.6 Å². The predicted molar refractivity (Wildman–Crippen MR) is 118 cm³/mol. The Morgan fingerprint density at radius 3 is 1.83 bits per heavy atom. The summed E-state index contributed by atoms with van der Waals surface area (Å²) in [6.45, 7) is -0.116. The molecule has 2 N–H and O–H groups in total. The second-order valence-electron chi connectivity index (χ2n) is 6.87. The van der Waals surface area contributed by atoms with Gasteiger partial charge in [-0.1, -0.05) is 72.5 Å². The van der Waals surface area contributed by atoms with Gasteiger partial charge in [-0.25, -0.2) is 14.4 Å². The van der Waals surface area contributed by atoms with Gasteiger partial charge in [-0.05, 0) is 18.1 Å². The fourth-order valence-electron chi connectivity index (χ4n) is 2.61. The van der Waals surface area contributed by atoms with Crippen LogP contribution in [0.2, 0.25) is 0 Å². The summed E-state index contributed by atoms with van der Waals surface area (Å²) in [5, 5.41) is 3.63. The van der Waals surface area contributed by atoms with E-state index in [0.29, 0.717) is 11.1 Å². The maximum atomic E-state index is 14.0. The zero-order valence-corrected chi connectivity index (χ0v) is 18.7. The molecule has 2 aromatic carbocycles. The molecule has 8 nitrogen and oxygen atoms in total. The van der Waals surface area contributed by atoms with Crippen molar-refractivity contribution in [1.29, 1.82) is 0 Å². The number of hydrogen-bond donors (Lipinski definition) is 2. The molecule has 186 valence electrons. The van der Waals surface area contributed by atoms with Crippen LogP contribution in [0.5, 0.6) is 0 Å². The summed E-state index contributed by atoms with van der Waals surface area (Å²) in [6.07, 6.45) is -7.85. The SMILES string of the molecule is CCOC(=O)C(C#CCNC(=O)OCc1ccccc1)(NC(=O)OCc1ccccc1)C(F)(F)F. The maximum Gasteiger partial charge on any atom is 0.434 e. The summed E-state index contributed by atoms with van der Waals surface area (Å²) in [7, 11) is 0. The van der Waals surface area contributed by atoms with Crippen LogP contribution in [0, 0.1) is 11.8 Å². The van der Waals surface area contributed by atoms with Gasteiger partial charge in [0.2, 0.25) is 0 Å². The van der Waals surface area contributed by atoms with Crippen molar-refractivity contribution < 1.29 is 41.8 Å². The van der Waals surface area contributed by atoms with E-state index in [1.165, 1.54) is 12.2 Å². The van der Waals surface area contributed by atoms with Crippen LogP contribution in [0.25, 0.3) is 0 Å². The van der Waals surface area contributed by atoms with Crippen molar-refractivity contribution in [3.63, 3.8) is 0 Å². The largest absolute Gasteiger partial charge is 0.463 e. The smallest absolute Gasteiger partial charge is 0.434 e. The second-order valence-corrected chi connectivity index (χ2v) is 6.87. The van der Waals surface area contributed by atoms with Gasteiger partial charge in [-0.15, -0.1) is 0 Å². The van der Waals surface area contributed by atoms with Gasteiger partial charge in [-0.2, -0.15) is 13.2 Å². The highest BCUT2D eigenvalue weighted by Gasteiger charge is 2.63. The van der Waals surface area contributed by atoms with Gasteiger partial charge < -0.3 is 19.5 Å². The third-order valence-electron chi connectivity index (χ3n) is 4.32. The van der Waals surface area contributed by atoms with Gasteiger partial charge in [0, 0.05) is 0 Å².